The van der Waals surface area contributed by atoms with Gasteiger partial charge >= 0.3 is 0 Å². The zero-order valence-corrected chi connectivity index (χ0v) is 14.9. The van der Waals surface area contributed by atoms with Crippen molar-refractivity contribution in [1.29, 1.82) is 0 Å². The molecule has 1 rings (SSSR count). The van der Waals surface area contributed by atoms with Crippen molar-refractivity contribution in [2.45, 2.75) is 32.7 Å². The van der Waals surface area contributed by atoms with E-state index >= 15 is 0 Å². The minimum Gasteiger partial charge on any atom is -0.370 e. The van der Waals surface area contributed by atoms with Gasteiger partial charge in [-0.15, -0.1) is 24.0 Å². The maximum atomic E-state index is 5.76. The molecule has 1 aliphatic rings. The van der Waals surface area contributed by atoms with Gasteiger partial charge in [-0.2, -0.15) is 0 Å². The third kappa shape index (κ3) is 9.45. The molecule has 0 saturated carbocycles. The molecule has 0 aromatic rings. The number of halogens is 1. The first-order valence-corrected chi connectivity index (χ1v) is 7.05. The van der Waals surface area contributed by atoms with Crippen molar-refractivity contribution in [3.8, 4) is 0 Å². The molecule has 0 radical (unpaired) electrons. The van der Waals surface area contributed by atoms with Gasteiger partial charge in [-0.1, -0.05) is 0 Å². The highest BCUT2D eigenvalue weighted by Gasteiger charge is 2.10. The van der Waals surface area contributed by atoms with Gasteiger partial charge in [-0.05, 0) is 53.4 Å². The molecule has 1 aliphatic heterocycles. The lowest BCUT2D eigenvalue weighted by Gasteiger charge is -2.19. The minimum atomic E-state index is 0. The molecule has 0 bridgehead atoms. The molecule has 114 valence electrons. The Bertz CT molecular complexity index is 257. The highest BCUT2D eigenvalue weighted by molar-refractivity contribution is 14.0. The normalized spacial score (nSPS) is 19.1. The predicted molar refractivity (Wildman–Crippen MR) is 93.3 cm³/mol. The first kappa shape index (κ1) is 18.9. The van der Waals surface area contributed by atoms with Crippen molar-refractivity contribution < 1.29 is 0 Å². The van der Waals surface area contributed by atoms with Crippen LogP contribution in [0.25, 0.3) is 0 Å². The summed E-state index contributed by atoms with van der Waals surface area (Å²) in [6, 6.07) is 0.356. The van der Waals surface area contributed by atoms with E-state index in [4.69, 9.17) is 5.73 Å². The molecular formula is C13H30IN5. The zero-order chi connectivity index (χ0) is 13.4. The Hall–Kier alpha value is -0.0800. The SMILES string of the molecule is CC(C)NC(N)=NCCCN1CCCN(C)CC1.I. The molecule has 0 atom stereocenters. The van der Waals surface area contributed by atoms with Crippen molar-refractivity contribution in [2.75, 3.05) is 46.3 Å². The first-order chi connectivity index (χ1) is 8.58. The van der Waals surface area contributed by atoms with Crippen LogP contribution in [0.1, 0.15) is 26.7 Å². The Labute approximate surface area is 135 Å². The molecule has 3 N–H and O–H groups in total. The lowest BCUT2D eigenvalue weighted by molar-refractivity contribution is 0.275. The Morgan fingerprint density at radius 2 is 2.00 bits per heavy atom. The van der Waals surface area contributed by atoms with Crippen molar-refractivity contribution >= 4 is 29.9 Å². The molecule has 0 aliphatic carbocycles. The largest absolute Gasteiger partial charge is 0.370 e. The van der Waals surface area contributed by atoms with E-state index in [1.165, 1.54) is 32.6 Å². The van der Waals surface area contributed by atoms with Gasteiger partial charge in [0.2, 0.25) is 0 Å². The second-order valence-corrected chi connectivity index (χ2v) is 5.42. The van der Waals surface area contributed by atoms with E-state index in [1.807, 2.05) is 0 Å². The molecule has 1 fully saturated rings. The number of rotatable bonds is 5. The fraction of sp³-hybridized carbons (Fsp3) is 0.923. The number of hydrogen-bond acceptors (Lipinski definition) is 3. The molecular weight excluding hydrogens is 353 g/mol. The molecule has 1 heterocycles. The van der Waals surface area contributed by atoms with E-state index in [1.54, 1.807) is 0 Å². The van der Waals surface area contributed by atoms with Gasteiger partial charge in [0, 0.05) is 25.7 Å². The first-order valence-electron chi connectivity index (χ1n) is 7.05. The van der Waals surface area contributed by atoms with Crippen LogP contribution in [0.5, 0.6) is 0 Å². The third-order valence-corrected chi connectivity index (χ3v) is 3.16. The van der Waals surface area contributed by atoms with Crippen LogP contribution in [0.4, 0.5) is 0 Å². The monoisotopic (exact) mass is 383 g/mol. The van der Waals surface area contributed by atoms with Gasteiger partial charge < -0.3 is 20.9 Å². The van der Waals surface area contributed by atoms with E-state index in [0.717, 1.165) is 19.5 Å². The minimum absolute atomic E-state index is 0. The van der Waals surface area contributed by atoms with Crippen LogP contribution in [-0.4, -0.2) is 68.1 Å². The number of nitrogens with two attached hydrogens (primary N) is 1. The van der Waals surface area contributed by atoms with Gasteiger partial charge in [0.25, 0.3) is 0 Å². The lowest BCUT2D eigenvalue weighted by Crippen LogP contribution is -2.37. The summed E-state index contributed by atoms with van der Waals surface area (Å²) in [6.45, 7) is 10.9. The quantitative estimate of drug-likeness (QED) is 0.321. The smallest absolute Gasteiger partial charge is 0.188 e. The van der Waals surface area contributed by atoms with Crippen LogP contribution in [0, 0.1) is 0 Å². The van der Waals surface area contributed by atoms with Gasteiger partial charge in [0.05, 0.1) is 0 Å². The van der Waals surface area contributed by atoms with Gasteiger partial charge in [-0.25, -0.2) is 0 Å². The molecule has 6 heteroatoms. The molecule has 0 amide bonds. The van der Waals surface area contributed by atoms with Gasteiger partial charge in [0.1, 0.15) is 0 Å². The Balaban J connectivity index is 0.00000324. The molecule has 0 aromatic heterocycles. The number of hydrogen-bond donors (Lipinski definition) is 2. The van der Waals surface area contributed by atoms with E-state index in [9.17, 15) is 0 Å². The average Bonchev–Trinajstić information content (AvgIpc) is 2.49. The van der Waals surface area contributed by atoms with Crippen LogP contribution in [-0.2, 0) is 0 Å². The summed E-state index contributed by atoms with van der Waals surface area (Å²) < 4.78 is 0. The maximum Gasteiger partial charge on any atom is 0.188 e. The van der Waals surface area contributed by atoms with Crippen LogP contribution >= 0.6 is 24.0 Å². The number of guanidine groups is 1. The number of nitrogens with zero attached hydrogens (tertiary/aromatic N) is 3. The second-order valence-electron chi connectivity index (χ2n) is 5.42. The predicted octanol–water partition coefficient (Wildman–Crippen LogP) is 0.945. The number of aliphatic imine (C=N–C) groups is 1. The Morgan fingerprint density at radius 1 is 1.26 bits per heavy atom. The molecule has 1 saturated heterocycles. The molecule has 0 unspecified atom stereocenters. The topological polar surface area (TPSA) is 56.9 Å². The second kappa shape index (κ2) is 10.7. The summed E-state index contributed by atoms with van der Waals surface area (Å²) in [7, 11) is 2.20. The van der Waals surface area contributed by atoms with Crippen molar-refractivity contribution in [2.24, 2.45) is 10.7 Å². The van der Waals surface area contributed by atoms with Crippen LogP contribution < -0.4 is 11.1 Å². The molecule has 0 aromatic carbocycles. The van der Waals surface area contributed by atoms with Crippen molar-refractivity contribution in [1.82, 2.24) is 15.1 Å². The Kier molecular flexibility index (Phi) is 10.6. The van der Waals surface area contributed by atoms with Crippen LogP contribution in [0.15, 0.2) is 4.99 Å². The van der Waals surface area contributed by atoms with Crippen molar-refractivity contribution in [3.63, 3.8) is 0 Å². The average molecular weight is 383 g/mol. The van der Waals surface area contributed by atoms with E-state index < -0.39 is 0 Å². The summed E-state index contributed by atoms with van der Waals surface area (Å²) in [6.07, 6.45) is 2.36. The summed E-state index contributed by atoms with van der Waals surface area (Å²) in [5.74, 6) is 0.570. The van der Waals surface area contributed by atoms with Crippen molar-refractivity contribution in [3.05, 3.63) is 0 Å². The Morgan fingerprint density at radius 3 is 2.68 bits per heavy atom. The standard InChI is InChI=1S/C13H29N5.HI/c1-12(2)16-13(14)15-6-4-8-18-9-5-7-17(3)10-11-18;/h12H,4-11H2,1-3H3,(H3,14,15,16);1H. The van der Waals surface area contributed by atoms with E-state index in [2.05, 4.69) is 41.0 Å². The highest BCUT2D eigenvalue weighted by Crippen LogP contribution is 2.01. The summed E-state index contributed by atoms with van der Waals surface area (Å²) in [4.78, 5) is 9.27. The third-order valence-electron chi connectivity index (χ3n) is 3.16. The molecule has 0 spiro atoms. The zero-order valence-electron chi connectivity index (χ0n) is 12.6. The van der Waals surface area contributed by atoms with Gasteiger partial charge in [-0.3, -0.25) is 4.99 Å². The fourth-order valence-corrected chi connectivity index (χ4v) is 2.16. The van der Waals surface area contributed by atoms with Crippen LogP contribution in [0.3, 0.4) is 0 Å². The van der Waals surface area contributed by atoms with E-state index in [-0.39, 0.29) is 24.0 Å². The number of likely N-dealkylation sites (N-methyl/N-ethyl adjacent to an activating group) is 1. The summed E-state index contributed by atoms with van der Waals surface area (Å²) >= 11 is 0. The van der Waals surface area contributed by atoms with E-state index in [0.29, 0.717) is 12.0 Å². The maximum absolute atomic E-state index is 5.76. The summed E-state index contributed by atoms with van der Waals surface area (Å²) in [5, 5.41) is 3.10. The summed E-state index contributed by atoms with van der Waals surface area (Å²) in [5.41, 5.74) is 5.76. The van der Waals surface area contributed by atoms with Gasteiger partial charge in [0.15, 0.2) is 5.96 Å². The number of nitrogens with one attached hydrogen (secondary N) is 1. The van der Waals surface area contributed by atoms with Crippen LogP contribution in [0.2, 0.25) is 0 Å². The molecule has 19 heavy (non-hydrogen) atoms. The molecule has 5 nitrogen and oxygen atoms in total. The fourth-order valence-electron chi connectivity index (χ4n) is 2.16. The highest BCUT2D eigenvalue weighted by atomic mass is 127. The lowest BCUT2D eigenvalue weighted by atomic mass is 10.3.